The van der Waals surface area contributed by atoms with Crippen molar-refractivity contribution in [2.45, 2.75) is 57.2 Å². The molecule has 3 rings (SSSR count). The van der Waals surface area contributed by atoms with E-state index in [1.165, 1.54) is 42.3 Å². The molecule has 20 heavy (non-hydrogen) atoms. The van der Waals surface area contributed by atoms with Gasteiger partial charge in [-0.2, -0.15) is 0 Å². The van der Waals surface area contributed by atoms with Gasteiger partial charge in [-0.1, -0.05) is 22.9 Å². The molecule has 0 spiro atoms. The molecular formula is C16H22Br2N2. The molecule has 110 valence electrons. The molecule has 2 heterocycles. The number of fused-ring (bicyclic) bond motifs is 2. The van der Waals surface area contributed by atoms with E-state index in [0.29, 0.717) is 12.1 Å². The van der Waals surface area contributed by atoms with Crippen molar-refractivity contribution in [2.75, 3.05) is 11.4 Å². The number of rotatable bonds is 4. The lowest BCUT2D eigenvalue weighted by molar-refractivity contribution is 0.356. The predicted molar refractivity (Wildman–Crippen MR) is 92.4 cm³/mol. The Kier molecular flexibility index (Phi) is 4.73. The second kappa shape index (κ2) is 6.37. The molecule has 2 aliphatic rings. The lowest BCUT2D eigenvalue weighted by Gasteiger charge is -2.41. The molecule has 1 aromatic carbocycles. The minimum atomic E-state index is 0.709. The molecule has 2 unspecified atom stereocenters. The van der Waals surface area contributed by atoms with Gasteiger partial charge in [0.15, 0.2) is 0 Å². The van der Waals surface area contributed by atoms with Crippen molar-refractivity contribution < 1.29 is 0 Å². The van der Waals surface area contributed by atoms with Gasteiger partial charge in [-0.25, -0.2) is 0 Å². The highest BCUT2D eigenvalue weighted by atomic mass is 79.9. The van der Waals surface area contributed by atoms with Crippen LogP contribution < -0.4 is 10.2 Å². The van der Waals surface area contributed by atoms with E-state index in [1.807, 2.05) is 0 Å². The Morgan fingerprint density at radius 1 is 1.20 bits per heavy atom. The van der Waals surface area contributed by atoms with Crippen molar-refractivity contribution in [2.24, 2.45) is 0 Å². The fourth-order valence-corrected chi connectivity index (χ4v) is 5.03. The lowest BCUT2D eigenvalue weighted by Crippen LogP contribution is -2.49. The van der Waals surface area contributed by atoms with Crippen molar-refractivity contribution in [3.8, 4) is 0 Å². The van der Waals surface area contributed by atoms with E-state index in [9.17, 15) is 0 Å². The van der Waals surface area contributed by atoms with Gasteiger partial charge >= 0.3 is 0 Å². The highest BCUT2D eigenvalue weighted by Crippen LogP contribution is 2.42. The fourth-order valence-electron chi connectivity index (χ4n) is 3.78. The van der Waals surface area contributed by atoms with Crippen LogP contribution in [0.2, 0.25) is 0 Å². The summed E-state index contributed by atoms with van der Waals surface area (Å²) in [5.41, 5.74) is 1.37. The van der Waals surface area contributed by atoms with Crippen LogP contribution in [-0.4, -0.2) is 24.7 Å². The molecule has 4 heteroatoms. The Labute approximate surface area is 138 Å². The van der Waals surface area contributed by atoms with Crippen molar-refractivity contribution in [1.29, 1.82) is 0 Å². The smallest absolute Gasteiger partial charge is 0.0516 e. The Bertz CT molecular complexity index is 464. The highest BCUT2D eigenvalue weighted by Gasteiger charge is 2.41. The monoisotopic (exact) mass is 400 g/mol. The van der Waals surface area contributed by atoms with E-state index < -0.39 is 0 Å². The van der Waals surface area contributed by atoms with Crippen molar-refractivity contribution >= 4 is 37.5 Å². The standard InChI is InChI=1S/C16H22Br2N2/c1-2-7-19-12-9-13-4-5-14(10-12)20(13)16-6-3-11(17)8-15(16)18/h3,6,8,12-14,19H,2,4-5,7,9-10H2,1H3. The molecule has 0 amide bonds. The maximum absolute atomic E-state index is 3.74. The average Bonchev–Trinajstić information content (AvgIpc) is 2.68. The molecule has 2 aliphatic heterocycles. The largest absolute Gasteiger partial charge is 0.365 e. The third-order valence-corrected chi connectivity index (χ3v) is 5.73. The van der Waals surface area contributed by atoms with Gasteiger partial charge in [0.2, 0.25) is 0 Å². The summed E-state index contributed by atoms with van der Waals surface area (Å²) in [4.78, 5) is 2.67. The number of anilines is 1. The summed E-state index contributed by atoms with van der Waals surface area (Å²) in [6.45, 7) is 3.40. The summed E-state index contributed by atoms with van der Waals surface area (Å²) in [7, 11) is 0. The van der Waals surface area contributed by atoms with Crippen LogP contribution in [-0.2, 0) is 0 Å². The van der Waals surface area contributed by atoms with Crippen LogP contribution in [0.15, 0.2) is 27.1 Å². The summed E-state index contributed by atoms with van der Waals surface area (Å²) < 4.78 is 2.35. The predicted octanol–water partition coefficient (Wildman–Crippen LogP) is 4.71. The van der Waals surface area contributed by atoms with E-state index in [4.69, 9.17) is 0 Å². The Balaban J connectivity index is 1.76. The first-order valence-electron chi connectivity index (χ1n) is 7.65. The SMILES string of the molecule is CCCNC1CC2CCC(C1)N2c1ccc(Br)cc1Br. The maximum Gasteiger partial charge on any atom is 0.0516 e. The third kappa shape index (κ3) is 2.93. The number of hydrogen-bond donors (Lipinski definition) is 1. The zero-order valence-electron chi connectivity index (χ0n) is 11.9. The highest BCUT2D eigenvalue weighted by molar-refractivity contribution is 9.11. The number of nitrogens with one attached hydrogen (secondary N) is 1. The van der Waals surface area contributed by atoms with Crippen molar-refractivity contribution in [3.63, 3.8) is 0 Å². The molecule has 1 aromatic rings. The molecule has 2 fully saturated rings. The van der Waals surface area contributed by atoms with E-state index in [2.05, 4.69) is 67.2 Å². The molecule has 1 N–H and O–H groups in total. The normalized spacial score (nSPS) is 28.9. The van der Waals surface area contributed by atoms with Gasteiger partial charge in [0, 0.05) is 27.1 Å². The number of nitrogens with zero attached hydrogens (tertiary/aromatic N) is 1. The lowest BCUT2D eigenvalue weighted by atomic mass is 9.96. The molecule has 0 aromatic heterocycles. The van der Waals surface area contributed by atoms with Crippen LogP contribution in [0, 0.1) is 0 Å². The molecule has 2 atom stereocenters. The molecule has 0 saturated carbocycles. The first-order valence-corrected chi connectivity index (χ1v) is 9.24. The van der Waals surface area contributed by atoms with E-state index >= 15 is 0 Å². The molecule has 0 radical (unpaired) electrons. The van der Waals surface area contributed by atoms with E-state index in [1.54, 1.807) is 0 Å². The van der Waals surface area contributed by atoms with Gasteiger partial charge in [0.1, 0.15) is 0 Å². The van der Waals surface area contributed by atoms with Crippen LogP contribution in [0.5, 0.6) is 0 Å². The average molecular weight is 402 g/mol. The van der Waals surface area contributed by atoms with E-state index in [0.717, 1.165) is 17.1 Å². The zero-order valence-corrected chi connectivity index (χ0v) is 15.1. The number of piperidine rings is 1. The molecule has 2 saturated heterocycles. The quantitative estimate of drug-likeness (QED) is 0.785. The van der Waals surface area contributed by atoms with Crippen LogP contribution >= 0.6 is 31.9 Å². The van der Waals surface area contributed by atoms with Crippen LogP contribution in [0.1, 0.15) is 39.0 Å². The minimum Gasteiger partial charge on any atom is -0.365 e. The summed E-state index contributed by atoms with van der Waals surface area (Å²) in [6, 6.07) is 8.70. The van der Waals surface area contributed by atoms with Gasteiger partial charge < -0.3 is 10.2 Å². The van der Waals surface area contributed by atoms with E-state index in [-0.39, 0.29) is 0 Å². The molecule has 0 aliphatic carbocycles. The zero-order chi connectivity index (χ0) is 14.1. The Morgan fingerprint density at radius 2 is 1.90 bits per heavy atom. The second-order valence-electron chi connectivity index (χ2n) is 6.01. The van der Waals surface area contributed by atoms with Crippen LogP contribution in [0.4, 0.5) is 5.69 Å². The first kappa shape index (κ1) is 14.9. The second-order valence-corrected chi connectivity index (χ2v) is 7.78. The van der Waals surface area contributed by atoms with Gasteiger partial charge in [-0.05, 0) is 72.8 Å². The van der Waals surface area contributed by atoms with Crippen molar-refractivity contribution in [1.82, 2.24) is 5.32 Å². The van der Waals surface area contributed by atoms with Crippen molar-refractivity contribution in [3.05, 3.63) is 27.1 Å². The van der Waals surface area contributed by atoms with Gasteiger partial charge in [0.25, 0.3) is 0 Å². The topological polar surface area (TPSA) is 15.3 Å². The van der Waals surface area contributed by atoms with Crippen LogP contribution in [0.3, 0.4) is 0 Å². The van der Waals surface area contributed by atoms with Gasteiger partial charge in [0.05, 0.1) is 5.69 Å². The third-order valence-electron chi connectivity index (χ3n) is 4.60. The fraction of sp³-hybridized carbons (Fsp3) is 0.625. The van der Waals surface area contributed by atoms with Gasteiger partial charge in [-0.3, -0.25) is 0 Å². The van der Waals surface area contributed by atoms with Crippen LogP contribution in [0.25, 0.3) is 0 Å². The summed E-state index contributed by atoms with van der Waals surface area (Å²) in [5, 5.41) is 3.72. The Morgan fingerprint density at radius 3 is 2.50 bits per heavy atom. The Hall–Kier alpha value is -0.0600. The number of halogens is 2. The minimum absolute atomic E-state index is 0.709. The molecule has 2 nitrogen and oxygen atoms in total. The summed E-state index contributed by atoms with van der Waals surface area (Å²) >= 11 is 7.28. The first-order chi connectivity index (χ1) is 9.69. The summed E-state index contributed by atoms with van der Waals surface area (Å²) in [6.07, 6.45) is 6.50. The molecular weight excluding hydrogens is 380 g/mol. The summed E-state index contributed by atoms with van der Waals surface area (Å²) in [5.74, 6) is 0. The van der Waals surface area contributed by atoms with Gasteiger partial charge in [-0.15, -0.1) is 0 Å². The number of benzene rings is 1. The maximum atomic E-state index is 3.74. The molecule has 2 bridgehead atoms. The number of hydrogen-bond acceptors (Lipinski definition) is 2.